The summed E-state index contributed by atoms with van der Waals surface area (Å²) in [6, 6.07) is 0. The number of aliphatic hydroxyl groups excluding tert-OH is 1. The van der Waals surface area contributed by atoms with Crippen molar-refractivity contribution in [3.05, 3.63) is 28.2 Å². The van der Waals surface area contributed by atoms with Gasteiger partial charge in [0.1, 0.15) is 21.9 Å². The molecule has 0 radical (unpaired) electrons. The van der Waals surface area contributed by atoms with E-state index in [1.54, 1.807) is 17.5 Å². The lowest BCUT2D eigenvalue weighted by Gasteiger charge is -2.33. The van der Waals surface area contributed by atoms with Gasteiger partial charge in [0.05, 0.1) is 6.54 Å². The fraction of sp³-hybridized carbons (Fsp3) is 0.643. The molecule has 0 amide bonds. The van der Waals surface area contributed by atoms with Crippen LogP contribution in [0.4, 0.5) is 0 Å². The van der Waals surface area contributed by atoms with Crippen LogP contribution in [0.3, 0.4) is 0 Å². The van der Waals surface area contributed by atoms with Crippen LogP contribution in [0, 0.1) is 12.8 Å². The van der Waals surface area contributed by atoms with E-state index in [1.807, 2.05) is 24.7 Å². The molecule has 1 aliphatic heterocycles. The molecule has 0 saturated carbocycles. The second kappa shape index (κ2) is 6.21. The summed E-state index contributed by atoms with van der Waals surface area (Å²) in [5.74, 6) is 1.06. The molecule has 114 valence electrons. The molecule has 3 heterocycles. The van der Waals surface area contributed by atoms with Gasteiger partial charge in [0.25, 0.3) is 0 Å². The van der Waals surface area contributed by atoms with E-state index in [0.29, 0.717) is 5.92 Å². The minimum Gasteiger partial charge on any atom is -0.385 e. The molecule has 3 rings (SSSR count). The quantitative estimate of drug-likeness (QED) is 0.928. The number of piperidine rings is 1. The summed E-state index contributed by atoms with van der Waals surface area (Å²) in [6.45, 7) is 4.84. The lowest BCUT2D eigenvalue weighted by molar-refractivity contribution is 0.0491. The van der Waals surface area contributed by atoms with Gasteiger partial charge in [0.15, 0.2) is 0 Å². The van der Waals surface area contributed by atoms with Crippen molar-refractivity contribution in [2.24, 2.45) is 13.0 Å². The maximum absolute atomic E-state index is 10.5. The first-order valence-electron chi connectivity index (χ1n) is 7.30. The SMILES string of the molecule is Cc1nnc(CN2CCC([C@@H](O)c3nccn3C)CC2)s1. The Balaban J connectivity index is 1.54. The summed E-state index contributed by atoms with van der Waals surface area (Å²) in [4.78, 5) is 6.65. The summed E-state index contributed by atoms with van der Waals surface area (Å²) in [6.07, 6.45) is 5.14. The average Bonchev–Trinajstić information content (AvgIpc) is 3.08. The molecular weight excluding hydrogens is 286 g/mol. The van der Waals surface area contributed by atoms with Crippen molar-refractivity contribution in [1.82, 2.24) is 24.6 Å². The number of aromatic nitrogens is 4. The molecule has 0 bridgehead atoms. The molecule has 1 atom stereocenters. The Morgan fingerprint density at radius 2 is 2.14 bits per heavy atom. The largest absolute Gasteiger partial charge is 0.385 e. The molecule has 21 heavy (non-hydrogen) atoms. The highest BCUT2D eigenvalue weighted by atomic mass is 32.1. The normalized spacial score (nSPS) is 19.0. The molecule has 0 spiro atoms. The average molecular weight is 307 g/mol. The minimum atomic E-state index is -0.462. The lowest BCUT2D eigenvalue weighted by atomic mass is 9.91. The maximum Gasteiger partial charge on any atom is 0.137 e. The summed E-state index contributed by atoms with van der Waals surface area (Å²) >= 11 is 1.66. The minimum absolute atomic E-state index is 0.290. The molecule has 2 aromatic heterocycles. The van der Waals surface area contributed by atoms with E-state index in [-0.39, 0.29) is 0 Å². The van der Waals surface area contributed by atoms with Gasteiger partial charge in [-0.05, 0) is 38.8 Å². The third kappa shape index (κ3) is 3.30. The smallest absolute Gasteiger partial charge is 0.137 e. The zero-order valence-corrected chi connectivity index (χ0v) is 13.3. The van der Waals surface area contributed by atoms with Gasteiger partial charge in [0, 0.05) is 19.4 Å². The van der Waals surface area contributed by atoms with Crippen molar-refractivity contribution in [3.63, 3.8) is 0 Å². The molecule has 6 nitrogen and oxygen atoms in total. The predicted octanol–water partition coefficient (Wildman–Crippen LogP) is 1.53. The Morgan fingerprint density at radius 3 is 2.71 bits per heavy atom. The van der Waals surface area contributed by atoms with Crippen LogP contribution in [0.2, 0.25) is 0 Å². The predicted molar refractivity (Wildman–Crippen MR) is 80.8 cm³/mol. The van der Waals surface area contributed by atoms with E-state index in [2.05, 4.69) is 20.1 Å². The van der Waals surface area contributed by atoms with Gasteiger partial charge in [-0.15, -0.1) is 21.5 Å². The number of hydrogen-bond acceptors (Lipinski definition) is 6. The molecule has 0 aromatic carbocycles. The van der Waals surface area contributed by atoms with Gasteiger partial charge >= 0.3 is 0 Å². The van der Waals surface area contributed by atoms with Crippen LogP contribution in [-0.4, -0.2) is 42.8 Å². The number of imidazole rings is 1. The fourth-order valence-electron chi connectivity index (χ4n) is 2.89. The fourth-order valence-corrected chi connectivity index (χ4v) is 3.64. The van der Waals surface area contributed by atoms with Crippen molar-refractivity contribution in [3.8, 4) is 0 Å². The van der Waals surface area contributed by atoms with Crippen molar-refractivity contribution in [1.29, 1.82) is 0 Å². The van der Waals surface area contributed by atoms with E-state index in [4.69, 9.17) is 0 Å². The molecule has 1 aliphatic rings. The van der Waals surface area contributed by atoms with Gasteiger partial charge in [-0.1, -0.05) is 0 Å². The summed E-state index contributed by atoms with van der Waals surface area (Å²) < 4.78 is 1.90. The number of likely N-dealkylation sites (tertiary alicyclic amines) is 1. The second-order valence-electron chi connectivity index (χ2n) is 5.67. The lowest BCUT2D eigenvalue weighted by Crippen LogP contribution is -2.35. The van der Waals surface area contributed by atoms with Gasteiger partial charge in [-0.2, -0.15) is 0 Å². The van der Waals surface area contributed by atoms with E-state index in [9.17, 15) is 5.11 Å². The van der Waals surface area contributed by atoms with E-state index in [0.717, 1.165) is 48.3 Å². The first kappa shape index (κ1) is 14.6. The third-order valence-electron chi connectivity index (χ3n) is 4.13. The van der Waals surface area contributed by atoms with Crippen LogP contribution in [0.25, 0.3) is 0 Å². The van der Waals surface area contributed by atoms with Gasteiger partial charge < -0.3 is 9.67 Å². The number of rotatable bonds is 4. The van der Waals surface area contributed by atoms with Crippen LogP contribution in [0.5, 0.6) is 0 Å². The molecule has 1 N–H and O–H groups in total. The van der Waals surface area contributed by atoms with E-state index in [1.165, 1.54) is 0 Å². The number of nitrogens with zero attached hydrogens (tertiary/aromatic N) is 5. The molecule has 0 aliphatic carbocycles. The zero-order chi connectivity index (χ0) is 14.8. The standard InChI is InChI=1S/C14H21N5OS/c1-10-16-17-12(21-10)9-19-6-3-11(4-7-19)13(20)14-15-5-8-18(14)2/h5,8,11,13,20H,3-4,6-7,9H2,1-2H3/t13-/m1/s1. The van der Waals surface area contributed by atoms with Crippen LogP contribution >= 0.6 is 11.3 Å². The van der Waals surface area contributed by atoms with Crippen molar-refractivity contribution >= 4 is 11.3 Å². The first-order chi connectivity index (χ1) is 10.1. The van der Waals surface area contributed by atoms with Crippen molar-refractivity contribution in [2.45, 2.75) is 32.4 Å². The van der Waals surface area contributed by atoms with Crippen LogP contribution in [-0.2, 0) is 13.6 Å². The number of aliphatic hydroxyl groups is 1. The maximum atomic E-state index is 10.5. The Hall–Kier alpha value is -1.31. The van der Waals surface area contributed by atoms with Gasteiger partial charge in [-0.3, -0.25) is 4.90 Å². The Kier molecular flexibility index (Phi) is 4.32. The Morgan fingerprint density at radius 1 is 1.38 bits per heavy atom. The summed E-state index contributed by atoms with van der Waals surface area (Å²) in [5.41, 5.74) is 0. The third-order valence-corrected chi connectivity index (χ3v) is 4.95. The summed E-state index contributed by atoms with van der Waals surface area (Å²) in [7, 11) is 1.93. The highest BCUT2D eigenvalue weighted by molar-refractivity contribution is 7.11. The number of hydrogen-bond donors (Lipinski definition) is 1. The second-order valence-corrected chi connectivity index (χ2v) is 6.94. The zero-order valence-electron chi connectivity index (χ0n) is 12.4. The van der Waals surface area contributed by atoms with E-state index >= 15 is 0 Å². The van der Waals surface area contributed by atoms with E-state index < -0.39 is 6.10 Å². The molecule has 7 heteroatoms. The number of aryl methyl sites for hydroxylation is 2. The Bertz CT molecular complexity index is 588. The molecule has 0 unspecified atom stereocenters. The van der Waals surface area contributed by atoms with Crippen LogP contribution < -0.4 is 0 Å². The Labute approximate surface area is 128 Å². The van der Waals surface area contributed by atoms with Crippen LogP contribution in [0.1, 0.15) is 34.8 Å². The van der Waals surface area contributed by atoms with Gasteiger partial charge in [-0.25, -0.2) is 4.98 Å². The monoisotopic (exact) mass is 307 g/mol. The molecule has 1 saturated heterocycles. The van der Waals surface area contributed by atoms with Crippen molar-refractivity contribution < 1.29 is 5.11 Å². The molecular formula is C14H21N5OS. The topological polar surface area (TPSA) is 67.1 Å². The molecule has 2 aromatic rings. The summed E-state index contributed by atoms with van der Waals surface area (Å²) in [5, 5.41) is 20.8. The first-order valence-corrected chi connectivity index (χ1v) is 8.12. The highest BCUT2D eigenvalue weighted by Crippen LogP contribution is 2.30. The molecule has 1 fully saturated rings. The highest BCUT2D eigenvalue weighted by Gasteiger charge is 2.28. The van der Waals surface area contributed by atoms with Crippen molar-refractivity contribution in [2.75, 3.05) is 13.1 Å². The van der Waals surface area contributed by atoms with Crippen LogP contribution in [0.15, 0.2) is 12.4 Å². The van der Waals surface area contributed by atoms with Gasteiger partial charge in [0.2, 0.25) is 0 Å².